The molecule has 174 valence electrons. The molecule has 1 unspecified atom stereocenters. The molecule has 2 heterocycles. The van der Waals surface area contributed by atoms with E-state index in [9.17, 15) is 17.6 Å². The largest absolute Gasteiger partial charge is 0.368 e. The lowest BCUT2D eigenvalue weighted by atomic mass is 10.2. The topological polar surface area (TPSA) is 94.1 Å². The average Bonchev–Trinajstić information content (AvgIpc) is 3.07. The van der Waals surface area contributed by atoms with Gasteiger partial charge in [-0.05, 0) is 37.6 Å². The Morgan fingerprint density at radius 1 is 1.19 bits per heavy atom. The smallest absolute Gasteiger partial charge is 0.224 e. The molecule has 1 aromatic rings. The standard InChI is InChI=1S/C20H30FN5O3S.HI/c1-2-22-20(24-17-8-14-30(28,29)15-17)23-9-7-19(27)26-12-10-25(11-13-26)18-5-3-16(21)4-6-18;/h3-6,17H,2,7-15H2,1H3,(H2,22,23,24);1H. The zero-order chi connectivity index (χ0) is 21.6. The number of carbonyl (C=O) groups is 1. The fraction of sp³-hybridized carbons (Fsp3) is 0.600. The lowest BCUT2D eigenvalue weighted by Crippen LogP contribution is -2.49. The SMILES string of the molecule is CCNC(=NCCC(=O)N1CCN(c2ccc(F)cc2)CC1)NC1CCS(=O)(=O)C1.I. The maximum Gasteiger partial charge on any atom is 0.224 e. The van der Waals surface area contributed by atoms with Crippen LogP contribution in [-0.2, 0) is 14.6 Å². The van der Waals surface area contributed by atoms with Crippen LogP contribution in [0.4, 0.5) is 10.1 Å². The van der Waals surface area contributed by atoms with Gasteiger partial charge in [0.25, 0.3) is 0 Å². The summed E-state index contributed by atoms with van der Waals surface area (Å²) in [6, 6.07) is 6.27. The molecular weight excluding hydrogens is 536 g/mol. The van der Waals surface area contributed by atoms with E-state index in [2.05, 4.69) is 20.5 Å². The van der Waals surface area contributed by atoms with Gasteiger partial charge in [0.1, 0.15) is 5.82 Å². The van der Waals surface area contributed by atoms with Gasteiger partial charge in [-0.15, -0.1) is 24.0 Å². The molecule has 1 amide bonds. The van der Waals surface area contributed by atoms with Gasteiger partial charge in [-0.25, -0.2) is 12.8 Å². The number of rotatable bonds is 6. The Morgan fingerprint density at radius 3 is 2.45 bits per heavy atom. The molecule has 3 rings (SSSR count). The Hall–Kier alpha value is -1.63. The number of halogens is 2. The van der Waals surface area contributed by atoms with E-state index in [1.807, 2.05) is 11.8 Å². The van der Waals surface area contributed by atoms with Crippen molar-refractivity contribution >= 4 is 51.4 Å². The number of amides is 1. The molecule has 31 heavy (non-hydrogen) atoms. The molecule has 8 nitrogen and oxygen atoms in total. The van der Waals surface area contributed by atoms with Crippen molar-refractivity contribution in [3.63, 3.8) is 0 Å². The Bertz CT molecular complexity index is 858. The summed E-state index contributed by atoms with van der Waals surface area (Å²) in [6.07, 6.45) is 0.875. The summed E-state index contributed by atoms with van der Waals surface area (Å²) in [6.45, 7) is 5.60. The van der Waals surface area contributed by atoms with Gasteiger partial charge in [0.15, 0.2) is 15.8 Å². The Balaban J connectivity index is 0.00000341. The van der Waals surface area contributed by atoms with Crippen molar-refractivity contribution in [2.45, 2.75) is 25.8 Å². The van der Waals surface area contributed by atoms with E-state index in [-0.39, 0.29) is 53.2 Å². The van der Waals surface area contributed by atoms with Gasteiger partial charge < -0.3 is 20.4 Å². The summed E-state index contributed by atoms with van der Waals surface area (Å²) < 4.78 is 36.3. The van der Waals surface area contributed by atoms with Crippen LogP contribution in [0.3, 0.4) is 0 Å². The Kier molecular flexibility index (Phi) is 9.79. The van der Waals surface area contributed by atoms with E-state index in [4.69, 9.17) is 0 Å². The second-order valence-corrected chi connectivity index (χ2v) is 9.83. The highest BCUT2D eigenvalue weighted by Gasteiger charge is 2.28. The van der Waals surface area contributed by atoms with Gasteiger partial charge >= 0.3 is 0 Å². The molecule has 2 aliphatic rings. The number of piperazine rings is 1. The minimum atomic E-state index is -2.96. The third-order valence-electron chi connectivity index (χ3n) is 5.34. The van der Waals surface area contributed by atoms with Crippen LogP contribution in [0, 0.1) is 5.82 Å². The fourth-order valence-corrected chi connectivity index (χ4v) is 5.38. The molecule has 11 heteroatoms. The zero-order valence-corrected chi connectivity index (χ0v) is 20.9. The molecule has 0 aliphatic carbocycles. The summed E-state index contributed by atoms with van der Waals surface area (Å²) in [5, 5.41) is 6.26. The molecule has 0 spiro atoms. The van der Waals surface area contributed by atoms with E-state index in [1.165, 1.54) is 12.1 Å². The molecule has 2 N–H and O–H groups in total. The molecule has 0 radical (unpaired) electrons. The van der Waals surface area contributed by atoms with Gasteiger partial charge in [-0.1, -0.05) is 0 Å². The van der Waals surface area contributed by atoms with Gasteiger partial charge in [-0.2, -0.15) is 0 Å². The molecule has 0 bridgehead atoms. The van der Waals surface area contributed by atoms with Crippen LogP contribution in [0.15, 0.2) is 29.3 Å². The maximum atomic E-state index is 13.1. The van der Waals surface area contributed by atoms with Crippen LogP contribution in [-0.4, -0.2) is 82.0 Å². The normalized spacial score (nSPS) is 20.8. The molecule has 0 saturated carbocycles. The number of hydrogen-bond acceptors (Lipinski definition) is 5. The maximum absolute atomic E-state index is 13.1. The molecule has 2 saturated heterocycles. The molecule has 1 aromatic carbocycles. The van der Waals surface area contributed by atoms with Crippen LogP contribution >= 0.6 is 24.0 Å². The Morgan fingerprint density at radius 2 is 1.87 bits per heavy atom. The van der Waals surface area contributed by atoms with E-state index in [1.54, 1.807) is 12.1 Å². The second-order valence-electron chi connectivity index (χ2n) is 7.60. The minimum absolute atomic E-state index is 0. The highest BCUT2D eigenvalue weighted by molar-refractivity contribution is 14.0. The van der Waals surface area contributed by atoms with Crippen LogP contribution in [0.5, 0.6) is 0 Å². The number of aliphatic imine (C=N–C) groups is 1. The summed E-state index contributed by atoms with van der Waals surface area (Å²) in [7, 11) is -2.96. The number of anilines is 1. The van der Waals surface area contributed by atoms with Crippen LogP contribution < -0.4 is 15.5 Å². The third kappa shape index (κ3) is 7.78. The number of guanidine groups is 1. The van der Waals surface area contributed by atoms with Crippen molar-refractivity contribution < 1.29 is 17.6 Å². The number of carbonyl (C=O) groups excluding carboxylic acids is 1. The first-order chi connectivity index (χ1) is 14.4. The molecule has 1 atom stereocenters. The van der Waals surface area contributed by atoms with Crippen molar-refractivity contribution in [3.05, 3.63) is 30.1 Å². The van der Waals surface area contributed by atoms with Crippen molar-refractivity contribution in [2.75, 3.05) is 55.7 Å². The van der Waals surface area contributed by atoms with E-state index >= 15 is 0 Å². The zero-order valence-electron chi connectivity index (χ0n) is 17.7. The summed E-state index contributed by atoms with van der Waals surface area (Å²) in [5.41, 5.74) is 0.961. The third-order valence-corrected chi connectivity index (χ3v) is 7.11. The van der Waals surface area contributed by atoms with Crippen molar-refractivity contribution in [1.82, 2.24) is 15.5 Å². The predicted octanol–water partition coefficient (Wildman–Crippen LogP) is 1.22. The molecular formula is C20H31FIN5O3S. The van der Waals surface area contributed by atoms with E-state index in [0.717, 1.165) is 5.69 Å². The highest BCUT2D eigenvalue weighted by Crippen LogP contribution is 2.17. The number of benzene rings is 1. The van der Waals surface area contributed by atoms with Crippen molar-refractivity contribution in [3.8, 4) is 0 Å². The summed E-state index contributed by atoms with van der Waals surface area (Å²) >= 11 is 0. The molecule has 2 fully saturated rings. The number of hydrogen-bond donors (Lipinski definition) is 2. The monoisotopic (exact) mass is 567 g/mol. The first-order valence-corrected chi connectivity index (χ1v) is 12.2. The number of nitrogens with one attached hydrogen (secondary N) is 2. The van der Waals surface area contributed by atoms with Crippen molar-refractivity contribution in [2.24, 2.45) is 4.99 Å². The second kappa shape index (κ2) is 11.8. The van der Waals surface area contributed by atoms with E-state index in [0.29, 0.717) is 58.1 Å². The first kappa shape index (κ1) is 25.6. The molecule has 2 aliphatic heterocycles. The van der Waals surface area contributed by atoms with Crippen LogP contribution in [0.2, 0.25) is 0 Å². The number of sulfone groups is 1. The summed E-state index contributed by atoms with van der Waals surface area (Å²) in [4.78, 5) is 20.9. The van der Waals surface area contributed by atoms with Crippen LogP contribution in [0.1, 0.15) is 19.8 Å². The van der Waals surface area contributed by atoms with Gasteiger partial charge in [-0.3, -0.25) is 9.79 Å². The first-order valence-electron chi connectivity index (χ1n) is 10.4. The molecule has 0 aromatic heterocycles. The summed E-state index contributed by atoms with van der Waals surface area (Å²) in [5.74, 6) is 0.667. The quantitative estimate of drug-likeness (QED) is 0.305. The van der Waals surface area contributed by atoms with Gasteiger partial charge in [0.2, 0.25) is 5.91 Å². The Labute approximate surface area is 200 Å². The van der Waals surface area contributed by atoms with Gasteiger partial charge in [0, 0.05) is 50.9 Å². The van der Waals surface area contributed by atoms with Crippen LogP contribution in [0.25, 0.3) is 0 Å². The average molecular weight is 567 g/mol. The van der Waals surface area contributed by atoms with Gasteiger partial charge in [0.05, 0.1) is 18.1 Å². The highest BCUT2D eigenvalue weighted by atomic mass is 127. The minimum Gasteiger partial charge on any atom is -0.368 e. The van der Waals surface area contributed by atoms with E-state index < -0.39 is 9.84 Å². The van der Waals surface area contributed by atoms with Crippen molar-refractivity contribution in [1.29, 1.82) is 0 Å². The number of nitrogens with zero attached hydrogens (tertiary/aromatic N) is 3. The lowest BCUT2D eigenvalue weighted by Gasteiger charge is -2.36. The predicted molar refractivity (Wildman–Crippen MR) is 131 cm³/mol. The lowest BCUT2D eigenvalue weighted by molar-refractivity contribution is -0.131. The fourth-order valence-electron chi connectivity index (χ4n) is 3.71.